The SMILES string of the molecule is CCc1c(-c2ccc(N)cc2)sc(NCc2c(F)cccc2F)c1C(=O)Nc1ccc(C)nn1. The summed E-state index contributed by atoms with van der Waals surface area (Å²) in [5.41, 5.74) is 9.20. The molecular weight excluding hydrogens is 456 g/mol. The van der Waals surface area contributed by atoms with Crippen LogP contribution in [0.5, 0.6) is 0 Å². The number of thiophene rings is 1. The lowest BCUT2D eigenvalue weighted by molar-refractivity contribution is 0.102. The molecule has 2 heterocycles. The molecule has 0 atom stereocenters. The Bertz CT molecular complexity index is 1300. The van der Waals surface area contributed by atoms with Gasteiger partial charge < -0.3 is 16.4 Å². The third kappa shape index (κ3) is 4.89. The second kappa shape index (κ2) is 9.96. The van der Waals surface area contributed by atoms with Crippen molar-refractivity contribution in [1.82, 2.24) is 10.2 Å². The maximum absolute atomic E-state index is 14.2. The summed E-state index contributed by atoms with van der Waals surface area (Å²) in [4.78, 5) is 14.2. The Hall–Kier alpha value is -3.85. The fourth-order valence-electron chi connectivity index (χ4n) is 3.55. The van der Waals surface area contributed by atoms with Crippen molar-refractivity contribution in [2.24, 2.45) is 0 Å². The molecule has 4 aromatic rings. The maximum atomic E-state index is 14.2. The van der Waals surface area contributed by atoms with Gasteiger partial charge in [0, 0.05) is 22.7 Å². The van der Waals surface area contributed by atoms with Crippen molar-refractivity contribution in [2.75, 3.05) is 16.4 Å². The van der Waals surface area contributed by atoms with Gasteiger partial charge in [-0.2, -0.15) is 5.10 Å². The van der Waals surface area contributed by atoms with Crippen LogP contribution < -0.4 is 16.4 Å². The van der Waals surface area contributed by atoms with Crippen molar-refractivity contribution in [3.8, 4) is 10.4 Å². The van der Waals surface area contributed by atoms with Crippen LogP contribution in [0.1, 0.15) is 34.1 Å². The maximum Gasteiger partial charge on any atom is 0.260 e. The summed E-state index contributed by atoms with van der Waals surface area (Å²) in [6.45, 7) is 3.63. The summed E-state index contributed by atoms with van der Waals surface area (Å²) in [7, 11) is 0. The number of rotatable bonds is 7. The van der Waals surface area contributed by atoms with E-state index in [1.54, 1.807) is 31.2 Å². The van der Waals surface area contributed by atoms with Gasteiger partial charge in [0.05, 0.1) is 11.3 Å². The van der Waals surface area contributed by atoms with E-state index in [1.165, 1.54) is 29.5 Å². The van der Waals surface area contributed by atoms with Gasteiger partial charge in [0.15, 0.2) is 5.82 Å². The molecule has 1 amide bonds. The molecule has 0 saturated carbocycles. The lowest BCUT2D eigenvalue weighted by atomic mass is 10.0. The molecule has 9 heteroatoms. The number of carbonyl (C=O) groups is 1. The van der Waals surface area contributed by atoms with Gasteiger partial charge in [-0.3, -0.25) is 4.79 Å². The number of amides is 1. The summed E-state index contributed by atoms with van der Waals surface area (Å²) in [5, 5.41) is 14.3. The van der Waals surface area contributed by atoms with Gasteiger partial charge in [0.25, 0.3) is 5.91 Å². The predicted molar refractivity (Wildman–Crippen MR) is 132 cm³/mol. The molecule has 34 heavy (non-hydrogen) atoms. The number of halogens is 2. The Morgan fingerprint density at radius 3 is 2.32 bits per heavy atom. The van der Waals surface area contributed by atoms with Crippen LogP contribution in [0.3, 0.4) is 0 Å². The Morgan fingerprint density at radius 1 is 1.00 bits per heavy atom. The molecule has 0 spiro atoms. The molecule has 2 aromatic carbocycles. The molecule has 4 rings (SSSR count). The van der Waals surface area contributed by atoms with E-state index in [9.17, 15) is 13.6 Å². The van der Waals surface area contributed by atoms with Crippen molar-refractivity contribution in [1.29, 1.82) is 0 Å². The molecule has 0 aliphatic carbocycles. The standard InChI is InChI=1S/C25H23F2N5OS/c1-3-17-22(24(33)30-21-12-7-14(2)31-32-21)25(29-13-18-19(26)5-4-6-20(18)27)34-23(17)15-8-10-16(28)11-9-15/h4-12,29H,3,13,28H2,1-2H3,(H,30,32,33). The van der Waals surface area contributed by atoms with Crippen molar-refractivity contribution >= 4 is 33.8 Å². The van der Waals surface area contributed by atoms with Crippen LogP contribution in [0.2, 0.25) is 0 Å². The van der Waals surface area contributed by atoms with Crippen LogP contribution in [0.15, 0.2) is 54.6 Å². The number of aromatic nitrogens is 2. The number of benzene rings is 2. The van der Waals surface area contributed by atoms with Crippen LogP contribution in [0.25, 0.3) is 10.4 Å². The van der Waals surface area contributed by atoms with Crippen LogP contribution >= 0.6 is 11.3 Å². The number of nitrogens with two attached hydrogens (primary N) is 1. The minimum atomic E-state index is -0.653. The first-order valence-electron chi connectivity index (χ1n) is 10.7. The van der Waals surface area contributed by atoms with Crippen LogP contribution in [0.4, 0.5) is 25.3 Å². The molecule has 0 fully saturated rings. The molecule has 0 aliphatic heterocycles. The highest BCUT2D eigenvalue weighted by Gasteiger charge is 2.24. The lowest BCUT2D eigenvalue weighted by Crippen LogP contribution is -2.16. The van der Waals surface area contributed by atoms with Gasteiger partial charge in [-0.25, -0.2) is 8.78 Å². The molecule has 174 valence electrons. The summed E-state index contributed by atoms with van der Waals surface area (Å²) < 4.78 is 28.4. The second-order valence-electron chi connectivity index (χ2n) is 7.66. The van der Waals surface area contributed by atoms with Gasteiger partial charge in [0.1, 0.15) is 16.6 Å². The zero-order valence-corrected chi connectivity index (χ0v) is 19.5. The van der Waals surface area contributed by atoms with Gasteiger partial charge in [-0.1, -0.05) is 25.1 Å². The fourth-order valence-corrected chi connectivity index (χ4v) is 4.84. The Kier molecular flexibility index (Phi) is 6.83. The monoisotopic (exact) mass is 479 g/mol. The number of nitrogens with one attached hydrogen (secondary N) is 2. The highest BCUT2D eigenvalue weighted by atomic mass is 32.1. The van der Waals surface area contributed by atoms with Crippen molar-refractivity contribution in [2.45, 2.75) is 26.8 Å². The van der Waals surface area contributed by atoms with E-state index in [-0.39, 0.29) is 18.0 Å². The first-order valence-corrected chi connectivity index (χ1v) is 11.5. The largest absolute Gasteiger partial charge is 0.399 e. The van der Waals surface area contributed by atoms with Crippen molar-refractivity contribution in [3.05, 3.63) is 88.6 Å². The first kappa shape index (κ1) is 23.3. The molecule has 0 saturated heterocycles. The molecule has 0 radical (unpaired) electrons. The van der Waals surface area contributed by atoms with Gasteiger partial charge in [0.2, 0.25) is 0 Å². The van der Waals surface area contributed by atoms with E-state index < -0.39 is 11.6 Å². The Balaban J connectivity index is 1.75. The smallest absolute Gasteiger partial charge is 0.260 e. The lowest BCUT2D eigenvalue weighted by Gasteiger charge is -2.11. The Labute approximate surface area is 199 Å². The van der Waals surface area contributed by atoms with E-state index in [0.717, 1.165) is 21.7 Å². The number of carbonyl (C=O) groups excluding carboxylic acids is 1. The average molecular weight is 480 g/mol. The minimum Gasteiger partial charge on any atom is -0.399 e. The zero-order chi connectivity index (χ0) is 24.2. The molecule has 0 unspecified atom stereocenters. The molecule has 0 aliphatic rings. The summed E-state index contributed by atoms with van der Waals surface area (Å²) in [5.74, 6) is -1.38. The predicted octanol–water partition coefficient (Wildman–Crippen LogP) is 5.80. The van der Waals surface area contributed by atoms with Gasteiger partial charge in [-0.05, 0) is 60.9 Å². The normalized spacial score (nSPS) is 10.8. The van der Waals surface area contributed by atoms with Crippen LogP contribution in [-0.2, 0) is 13.0 Å². The zero-order valence-electron chi connectivity index (χ0n) is 18.7. The van der Waals surface area contributed by atoms with E-state index in [0.29, 0.717) is 28.5 Å². The molecular formula is C25H23F2N5OS. The van der Waals surface area contributed by atoms with Gasteiger partial charge in [-0.15, -0.1) is 16.4 Å². The molecule has 4 N–H and O–H groups in total. The number of hydrogen-bond acceptors (Lipinski definition) is 6. The van der Waals surface area contributed by atoms with Crippen molar-refractivity contribution < 1.29 is 13.6 Å². The minimum absolute atomic E-state index is 0.0984. The van der Waals surface area contributed by atoms with E-state index >= 15 is 0 Å². The number of nitrogens with zero attached hydrogens (tertiary/aromatic N) is 2. The van der Waals surface area contributed by atoms with Gasteiger partial charge >= 0.3 is 0 Å². The van der Waals surface area contributed by atoms with E-state index in [2.05, 4.69) is 20.8 Å². The molecule has 2 aromatic heterocycles. The third-order valence-corrected chi connectivity index (χ3v) is 6.53. The van der Waals surface area contributed by atoms with E-state index in [4.69, 9.17) is 5.73 Å². The van der Waals surface area contributed by atoms with Crippen molar-refractivity contribution in [3.63, 3.8) is 0 Å². The molecule has 0 bridgehead atoms. The second-order valence-corrected chi connectivity index (χ2v) is 8.68. The third-order valence-electron chi connectivity index (χ3n) is 5.29. The average Bonchev–Trinajstić information content (AvgIpc) is 3.19. The van der Waals surface area contributed by atoms with Crippen LogP contribution in [-0.4, -0.2) is 16.1 Å². The molecule has 6 nitrogen and oxygen atoms in total. The topological polar surface area (TPSA) is 92.9 Å². The number of hydrogen-bond donors (Lipinski definition) is 3. The highest BCUT2D eigenvalue weighted by molar-refractivity contribution is 7.20. The number of aryl methyl sites for hydroxylation is 1. The summed E-state index contributed by atoms with van der Waals surface area (Å²) in [6.07, 6.45) is 0.564. The number of anilines is 3. The quantitative estimate of drug-likeness (QED) is 0.291. The highest BCUT2D eigenvalue weighted by Crippen LogP contribution is 2.41. The first-order chi connectivity index (χ1) is 16.4. The summed E-state index contributed by atoms with van der Waals surface area (Å²) in [6, 6.07) is 14.5. The number of nitrogen functional groups attached to an aromatic ring is 1. The summed E-state index contributed by atoms with van der Waals surface area (Å²) >= 11 is 1.35. The fraction of sp³-hybridized carbons (Fsp3) is 0.160. The Morgan fingerprint density at radius 2 is 1.71 bits per heavy atom. The van der Waals surface area contributed by atoms with E-state index in [1.807, 2.05) is 19.1 Å². The van der Waals surface area contributed by atoms with Crippen LogP contribution in [0, 0.1) is 18.6 Å².